The molecule has 7 heteroatoms. The fourth-order valence-corrected chi connectivity index (χ4v) is 2.54. The quantitative estimate of drug-likeness (QED) is 0.271. The smallest absolute Gasteiger partial charge is 0.307 e. The van der Waals surface area contributed by atoms with E-state index in [2.05, 4.69) is 4.89 Å². The predicted octanol–water partition coefficient (Wildman–Crippen LogP) is 0.541. The van der Waals surface area contributed by atoms with Crippen molar-refractivity contribution in [3.63, 3.8) is 0 Å². The minimum absolute atomic E-state index is 0.0760. The molecule has 7 nitrogen and oxygen atoms in total. The van der Waals surface area contributed by atoms with Gasteiger partial charge in [0.05, 0.1) is 25.6 Å². The van der Waals surface area contributed by atoms with E-state index in [1.54, 1.807) is 6.08 Å². The minimum Gasteiger partial charge on any atom is -0.481 e. The van der Waals surface area contributed by atoms with Crippen LogP contribution in [0, 0.1) is 23.7 Å². The third kappa shape index (κ3) is 4.29. The summed E-state index contributed by atoms with van der Waals surface area (Å²) in [6.45, 7) is 1.35. The summed E-state index contributed by atoms with van der Waals surface area (Å²) in [7, 11) is 0. The zero-order valence-electron chi connectivity index (χ0n) is 11.3. The van der Waals surface area contributed by atoms with Crippen molar-refractivity contribution >= 4 is 11.9 Å². The third-order valence-corrected chi connectivity index (χ3v) is 3.57. The van der Waals surface area contributed by atoms with E-state index in [0.29, 0.717) is 0 Å². The summed E-state index contributed by atoms with van der Waals surface area (Å²) >= 11 is 0. The number of carbonyl (C=O) groups excluding carboxylic acids is 1. The summed E-state index contributed by atoms with van der Waals surface area (Å²) in [4.78, 5) is 27.1. The van der Waals surface area contributed by atoms with Crippen LogP contribution in [-0.2, 0) is 19.2 Å². The number of allylic oxidation sites excluding steroid dienone is 2. The van der Waals surface area contributed by atoms with Crippen molar-refractivity contribution in [1.82, 2.24) is 0 Å². The first kappa shape index (κ1) is 16.6. The van der Waals surface area contributed by atoms with Gasteiger partial charge in [-0.3, -0.25) is 14.8 Å². The first-order chi connectivity index (χ1) is 9.51. The van der Waals surface area contributed by atoms with Gasteiger partial charge in [-0.25, -0.2) is 4.89 Å². The highest BCUT2D eigenvalue weighted by Gasteiger charge is 2.40. The molecule has 114 valence electrons. The van der Waals surface area contributed by atoms with Crippen LogP contribution in [0.2, 0.25) is 0 Å². The molecule has 1 aliphatic carbocycles. The molecule has 1 rings (SSSR count). The molecule has 0 spiro atoms. The van der Waals surface area contributed by atoms with Gasteiger partial charge in [0, 0.05) is 11.8 Å². The average Bonchev–Trinajstić information content (AvgIpc) is 2.40. The van der Waals surface area contributed by atoms with Crippen molar-refractivity contribution in [3.8, 4) is 0 Å². The van der Waals surface area contributed by atoms with Crippen molar-refractivity contribution in [1.29, 1.82) is 0 Å². The number of hydrogen-bond donors (Lipinski definition) is 3. The van der Waals surface area contributed by atoms with E-state index in [1.807, 2.05) is 13.0 Å². The summed E-state index contributed by atoms with van der Waals surface area (Å²) in [6.07, 6.45) is 3.42. The van der Waals surface area contributed by atoms with Crippen LogP contribution in [0.1, 0.15) is 13.3 Å². The molecule has 0 aromatic carbocycles. The molecule has 0 saturated carbocycles. The Labute approximate surface area is 116 Å². The van der Waals surface area contributed by atoms with Crippen molar-refractivity contribution in [2.75, 3.05) is 19.8 Å². The Morgan fingerprint density at radius 1 is 1.30 bits per heavy atom. The number of rotatable bonds is 7. The van der Waals surface area contributed by atoms with Crippen LogP contribution in [0.4, 0.5) is 0 Å². The zero-order chi connectivity index (χ0) is 15.1. The number of carbonyl (C=O) groups is 2. The Balaban J connectivity index is 2.79. The van der Waals surface area contributed by atoms with Crippen LogP contribution >= 0.6 is 0 Å². The van der Waals surface area contributed by atoms with Crippen LogP contribution in [0.15, 0.2) is 12.2 Å². The van der Waals surface area contributed by atoms with Gasteiger partial charge in [-0.1, -0.05) is 19.1 Å². The molecule has 0 aromatic heterocycles. The summed E-state index contributed by atoms with van der Waals surface area (Å²) in [5, 5.41) is 26.5. The maximum Gasteiger partial charge on any atom is 0.307 e. The second-order valence-electron chi connectivity index (χ2n) is 4.88. The lowest BCUT2D eigenvalue weighted by Gasteiger charge is -2.34. The predicted molar refractivity (Wildman–Crippen MR) is 67.7 cm³/mol. The zero-order valence-corrected chi connectivity index (χ0v) is 11.3. The lowest BCUT2D eigenvalue weighted by Crippen LogP contribution is -2.39. The molecule has 0 heterocycles. The van der Waals surface area contributed by atoms with E-state index < -0.39 is 29.7 Å². The molecule has 0 bridgehead atoms. The van der Waals surface area contributed by atoms with Crippen molar-refractivity contribution in [2.45, 2.75) is 13.3 Å². The van der Waals surface area contributed by atoms with Crippen LogP contribution in [-0.4, -0.2) is 47.2 Å². The molecule has 0 saturated heterocycles. The highest BCUT2D eigenvalue weighted by atomic mass is 17.1. The fraction of sp³-hybridized carbons (Fsp3) is 0.692. The summed E-state index contributed by atoms with van der Waals surface area (Å²) in [5.41, 5.74) is 0. The Bertz CT molecular complexity index is 366. The lowest BCUT2D eigenvalue weighted by atomic mass is 9.70. The van der Waals surface area contributed by atoms with Crippen LogP contribution in [0.5, 0.6) is 0 Å². The van der Waals surface area contributed by atoms with E-state index in [4.69, 9.17) is 15.1 Å². The van der Waals surface area contributed by atoms with E-state index in [9.17, 15) is 14.7 Å². The molecule has 0 fully saturated rings. The fourth-order valence-electron chi connectivity index (χ4n) is 2.54. The van der Waals surface area contributed by atoms with E-state index in [0.717, 1.165) is 0 Å². The maximum absolute atomic E-state index is 11.5. The van der Waals surface area contributed by atoms with Crippen LogP contribution in [0.3, 0.4) is 0 Å². The number of aliphatic carboxylic acids is 1. The molecule has 4 atom stereocenters. The molecule has 3 N–H and O–H groups in total. The summed E-state index contributed by atoms with van der Waals surface area (Å²) < 4.78 is 4.75. The largest absolute Gasteiger partial charge is 0.481 e. The van der Waals surface area contributed by atoms with Crippen molar-refractivity contribution in [2.24, 2.45) is 23.7 Å². The molecule has 4 unspecified atom stereocenters. The van der Waals surface area contributed by atoms with E-state index in [1.165, 1.54) is 0 Å². The van der Waals surface area contributed by atoms with Gasteiger partial charge in [0.2, 0.25) is 0 Å². The van der Waals surface area contributed by atoms with Crippen LogP contribution < -0.4 is 0 Å². The molecule has 1 aliphatic rings. The van der Waals surface area contributed by atoms with Gasteiger partial charge in [0.25, 0.3) is 0 Å². The monoisotopic (exact) mass is 288 g/mol. The van der Waals surface area contributed by atoms with Crippen molar-refractivity contribution in [3.05, 3.63) is 12.2 Å². The lowest BCUT2D eigenvalue weighted by molar-refractivity contribution is -0.257. The third-order valence-electron chi connectivity index (χ3n) is 3.57. The molecular weight excluding hydrogens is 268 g/mol. The number of carboxylic acids is 1. The van der Waals surface area contributed by atoms with Gasteiger partial charge >= 0.3 is 11.9 Å². The number of hydrogen-bond acceptors (Lipinski definition) is 6. The van der Waals surface area contributed by atoms with Gasteiger partial charge in [-0.2, -0.15) is 0 Å². The summed E-state index contributed by atoms with van der Waals surface area (Å²) in [5.74, 6) is -3.44. The Morgan fingerprint density at radius 2 is 2.00 bits per heavy atom. The van der Waals surface area contributed by atoms with Gasteiger partial charge in [-0.05, 0) is 5.92 Å². The maximum atomic E-state index is 11.5. The van der Waals surface area contributed by atoms with Gasteiger partial charge < -0.3 is 14.9 Å². The van der Waals surface area contributed by atoms with Crippen molar-refractivity contribution < 1.29 is 34.7 Å². The normalized spacial score (nSPS) is 29.1. The minimum atomic E-state index is -1.04. The molecular formula is C13H20O7. The molecule has 0 aliphatic heterocycles. The average molecular weight is 288 g/mol. The molecule has 0 amide bonds. The Hall–Kier alpha value is -1.44. The Kier molecular flexibility index (Phi) is 6.63. The summed E-state index contributed by atoms with van der Waals surface area (Å²) in [6, 6.07) is 0. The topological polar surface area (TPSA) is 113 Å². The molecule has 0 aromatic rings. The standard InChI is InChI=1S/C13H20O7/c1-8-2-3-9(6-11(15)19-5-4-14)12(13(16)17)10(8)7-20-18/h2-3,8-10,12,14,18H,4-7H2,1H3,(H,16,17). The highest BCUT2D eigenvalue weighted by Crippen LogP contribution is 2.36. The SMILES string of the molecule is CC1C=CC(CC(=O)OCCO)C(C(=O)O)C1COO. The number of aliphatic hydroxyl groups excluding tert-OH is 1. The number of esters is 1. The number of carboxylic acid groups (broad SMARTS) is 1. The second-order valence-corrected chi connectivity index (χ2v) is 4.88. The van der Waals surface area contributed by atoms with E-state index >= 15 is 0 Å². The van der Waals surface area contributed by atoms with E-state index in [-0.39, 0.29) is 32.2 Å². The first-order valence-electron chi connectivity index (χ1n) is 6.45. The highest BCUT2D eigenvalue weighted by molar-refractivity contribution is 5.75. The Morgan fingerprint density at radius 3 is 2.55 bits per heavy atom. The number of ether oxygens (including phenoxy) is 1. The van der Waals surface area contributed by atoms with Gasteiger partial charge in [0.1, 0.15) is 6.61 Å². The second kappa shape index (κ2) is 7.98. The first-order valence-corrected chi connectivity index (χ1v) is 6.45. The number of aliphatic hydroxyl groups is 1. The van der Waals surface area contributed by atoms with Gasteiger partial charge in [0.15, 0.2) is 0 Å². The van der Waals surface area contributed by atoms with Gasteiger partial charge in [-0.15, -0.1) is 0 Å². The molecule has 0 radical (unpaired) electrons. The molecule has 20 heavy (non-hydrogen) atoms. The van der Waals surface area contributed by atoms with Crippen LogP contribution in [0.25, 0.3) is 0 Å².